The van der Waals surface area contributed by atoms with E-state index in [2.05, 4.69) is 4.98 Å². The molecule has 2 bridgehead atoms. The Bertz CT molecular complexity index is 607. The second-order valence-corrected chi connectivity index (χ2v) is 5.84. The molecular weight excluding hydrogens is 298 g/mol. The molecule has 7 nitrogen and oxygen atoms in total. The van der Waals surface area contributed by atoms with Gasteiger partial charge in [0, 0.05) is 26.3 Å². The summed E-state index contributed by atoms with van der Waals surface area (Å²) in [5.74, 6) is -0.0884. The van der Waals surface area contributed by atoms with E-state index in [0.717, 1.165) is 0 Å². The van der Waals surface area contributed by atoms with Gasteiger partial charge < -0.3 is 19.3 Å². The summed E-state index contributed by atoms with van der Waals surface area (Å²) in [5, 5.41) is 0. The quantitative estimate of drug-likeness (QED) is 0.807. The molecule has 0 saturated carbocycles. The van der Waals surface area contributed by atoms with Crippen LogP contribution in [-0.4, -0.2) is 72.6 Å². The highest BCUT2D eigenvalue weighted by Crippen LogP contribution is 2.23. The van der Waals surface area contributed by atoms with Gasteiger partial charge in [-0.15, -0.1) is 0 Å². The van der Waals surface area contributed by atoms with Crippen molar-refractivity contribution in [1.29, 1.82) is 0 Å². The van der Waals surface area contributed by atoms with E-state index in [-0.39, 0.29) is 23.8 Å². The Morgan fingerprint density at radius 1 is 1.43 bits per heavy atom. The first kappa shape index (κ1) is 15.7. The average Bonchev–Trinajstić information content (AvgIpc) is 2.73. The van der Waals surface area contributed by atoms with Crippen LogP contribution < -0.4 is 4.74 Å². The van der Waals surface area contributed by atoms with Gasteiger partial charge in [-0.05, 0) is 19.1 Å². The molecule has 1 aromatic rings. The summed E-state index contributed by atoms with van der Waals surface area (Å²) >= 11 is 0. The van der Waals surface area contributed by atoms with Gasteiger partial charge in [0.25, 0.3) is 5.91 Å². The van der Waals surface area contributed by atoms with Crippen LogP contribution in [0.5, 0.6) is 5.88 Å². The van der Waals surface area contributed by atoms with Crippen molar-refractivity contribution in [1.82, 2.24) is 14.8 Å². The van der Waals surface area contributed by atoms with Gasteiger partial charge in [0.05, 0.1) is 31.8 Å². The van der Waals surface area contributed by atoms with Crippen molar-refractivity contribution in [2.24, 2.45) is 5.92 Å². The van der Waals surface area contributed by atoms with E-state index in [9.17, 15) is 9.59 Å². The molecule has 1 aromatic heterocycles. The smallest absolute Gasteiger partial charge is 0.259 e. The van der Waals surface area contributed by atoms with Crippen molar-refractivity contribution < 1.29 is 19.1 Å². The Morgan fingerprint density at radius 3 is 3.04 bits per heavy atom. The fourth-order valence-corrected chi connectivity index (χ4v) is 3.04. The number of fused-ring (bicyclic) bond motifs is 3. The zero-order chi connectivity index (χ0) is 16.4. The highest BCUT2D eigenvalue weighted by molar-refractivity contribution is 5.97. The molecule has 3 heterocycles. The first-order valence-corrected chi connectivity index (χ1v) is 7.83. The molecule has 0 N–H and O–H groups in total. The third-order valence-corrected chi connectivity index (χ3v) is 4.32. The van der Waals surface area contributed by atoms with Crippen molar-refractivity contribution in [2.75, 3.05) is 40.0 Å². The van der Waals surface area contributed by atoms with Crippen LogP contribution >= 0.6 is 0 Å². The lowest BCUT2D eigenvalue weighted by Gasteiger charge is -2.29. The Balaban J connectivity index is 1.87. The zero-order valence-corrected chi connectivity index (χ0v) is 13.4. The van der Waals surface area contributed by atoms with Gasteiger partial charge in [0.15, 0.2) is 0 Å². The first-order chi connectivity index (χ1) is 11.1. The number of nitrogens with zero attached hydrogens (tertiary/aromatic N) is 3. The lowest BCUT2D eigenvalue weighted by molar-refractivity contribution is -0.133. The van der Waals surface area contributed by atoms with Gasteiger partial charge >= 0.3 is 0 Å². The molecule has 23 heavy (non-hydrogen) atoms. The molecule has 2 amide bonds. The molecule has 0 aromatic carbocycles. The van der Waals surface area contributed by atoms with Gasteiger partial charge in [-0.1, -0.05) is 0 Å². The minimum Gasteiger partial charge on any atom is -0.477 e. The van der Waals surface area contributed by atoms with Crippen LogP contribution in [0.3, 0.4) is 0 Å². The van der Waals surface area contributed by atoms with Crippen LogP contribution in [0.1, 0.15) is 17.3 Å². The maximum Gasteiger partial charge on any atom is 0.259 e. The summed E-state index contributed by atoms with van der Waals surface area (Å²) in [6.45, 7) is 3.92. The molecule has 2 atom stereocenters. The number of aromatic nitrogens is 1. The Morgan fingerprint density at radius 2 is 2.26 bits per heavy atom. The topological polar surface area (TPSA) is 72.0 Å². The van der Waals surface area contributed by atoms with Gasteiger partial charge in [-0.3, -0.25) is 9.59 Å². The second-order valence-electron chi connectivity index (χ2n) is 5.84. The number of hydrogen-bond donors (Lipinski definition) is 0. The number of likely N-dealkylation sites (N-methyl/N-ethyl adjacent to an activating group) is 1. The third-order valence-electron chi connectivity index (χ3n) is 4.32. The van der Waals surface area contributed by atoms with E-state index in [1.54, 1.807) is 35.2 Å². The molecule has 124 valence electrons. The van der Waals surface area contributed by atoms with E-state index >= 15 is 0 Å². The Kier molecular flexibility index (Phi) is 4.47. The second kappa shape index (κ2) is 6.54. The molecular formula is C16H21N3O4. The molecule has 0 aliphatic carbocycles. The van der Waals surface area contributed by atoms with Crippen molar-refractivity contribution in [3.05, 3.63) is 23.9 Å². The largest absolute Gasteiger partial charge is 0.477 e. The fraction of sp³-hybridized carbons (Fsp3) is 0.562. The molecule has 0 radical (unpaired) electrons. The predicted octanol–water partition coefficient (Wildman–Crippen LogP) is 0.409. The summed E-state index contributed by atoms with van der Waals surface area (Å²) < 4.78 is 11.0. The number of hydrogen-bond acceptors (Lipinski definition) is 5. The zero-order valence-electron chi connectivity index (χ0n) is 13.4. The molecule has 2 aliphatic rings. The molecule has 0 unspecified atom stereocenters. The summed E-state index contributed by atoms with van der Waals surface area (Å²) in [7, 11) is 1.78. The van der Waals surface area contributed by atoms with Crippen LogP contribution in [-0.2, 0) is 9.53 Å². The van der Waals surface area contributed by atoms with E-state index in [1.807, 2.05) is 6.92 Å². The van der Waals surface area contributed by atoms with Crippen LogP contribution in [0.25, 0.3) is 0 Å². The summed E-state index contributed by atoms with van der Waals surface area (Å²) in [6, 6.07) is 3.31. The lowest BCUT2D eigenvalue weighted by Crippen LogP contribution is -2.45. The molecule has 2 fully saturated rings. The van der Waals surface area contributed by atoms with Crippen molar-refractivity contribution in [3.8, 4) is 5.88 Å². The van der Waals surface area contributed by atoms with E-state index in [0.29, 0.717) is 44.4 Å². The summed E-state index contributed by atoms with van der Waals surface area (Å²) in [4.78, 5) is 32.9. The number of carbonyl (C=O) groups excluding carboxylic acids is 2. The maximum atomic E-state index is 12.9. The SMILES string of the molecule is CCOc1ncccc1C(=O)N1C[C@@H]2COC[C@H](C1)N(C)C2=O. The standard InChI is InChI=1S/C16H21N3O4/c1-3-23-14-13(5-4-6-17-14)16(21)19-7-11-9-22-10-12(8-19)18(2)15(11)20/h4-6,11-12H,3,7-10H2,1-2H3/t11-,12+/m1/s1. The van der Waals surface area contributed by atoms with Gasteiger partial charge in [-0.25, -0.2) is 4.98 Å². The van der Waals surface area contributed by atoms with Crippen LogP contribution in [0.4, 0.5) is 0 Å². The first-order valence-electron chi connectivity index (χ1n) is 7.83. The van der Waals surface area contributed by atoms with Crippen molar-refractivity contribution in [3.63, 3.8) is 0 Å². The van der Waals surface area contributed by atoms with Gasteiger partial charge in [0.2, 0.25) is 11.8 Å². The molecule has 2 saturated heterocycles. The Hall–Kier alpha value is -2.15. The highest BCUT2D eigenvalue weighted by Gasteiger charge is 2.39. The van der Waals surface area contributed by atoms with E-state index in [4.69, 9.17) is 9.47 Å². The van der Waals surface area contributed by atoms with Crippen molar-refractivity contribution >= 4 is 11.8 Å². The summed E-state index contributed by atoms with van der Waals surface area (Å²) in [6.07, 6.45) is 1.60. The Labute approximate surface area is 135 Å². The molecule has 2 aliphatic heterocycles. The van der Waals surface area contributed by atoms with Crippen LogP contribution in [0.2, 0.25) is 0 Å². The minimum absolute atomic E-state index is 0.0408. The molecule has 3 rings (SSSR count). The fourth-order valence-electron chi connectivity index (χ4n) is 3.04. The monoisotopic (exact) mass is 319 g/mol. The maximum absolute atomic E-state index is 12.9. The van der Waals surface area contributed by atoms with Crippen LogP contribution in [0, 0.1) is 5.92 Å². The van der Waals surface area contributed by atoms with E-state index in [1.165, 1.54) is 0 Å². The van der Waals surface area contributed by atoms with E-state index < -0.39 is 0 Å². The van der Waals surface area contributed by atoms with Crippen LogP contribution in [0.15, 0.2) is 18.3 Å². The number of rotatable bonds is 3. The average molecular weight is 319 g/mol. The number of pyridine rings is 1. The highest BCUT2D eigenvalue weighted by atomic mass is 16.5. The number of carbonyl (C=O) groups is 2. The predicted molar refractivity (Wildman–Crippen MR) is 82.2 cm³/mol. The van der Waals surface area contributed by atoms with Gasteiger partial charge in [-0.2, -0.15) is 0 Å². The number of ether oxygens (including phenoxy) is 2. The minimum atomic E-state index is -0.316. The third kappa shape index (κ3) is 3.01. The normalized spacial score (nSPS) is 24.3. The number of amides is 2. The molecule has 7 heteroatoms. The van der Waals surface area contributed by atoms with Crippen molar-refractivity contribution in [2.45, 2.75) is 13.0 Å². The summed E-state index contributed by atoms with van der Waals surface area (Å²) in [5.41, 5.74) is 0.436. The molecule has 0 spiro atoms. The lowest BCUT2D eigenvalue weighted by atomic mass is 10.1. The van der Waals surface area contributed by atoms with Gasteiger partial charge in [0.1, 0.15) is 5.56 Å².